The third-order valence-corrected chi connectivity index (χ3v) is 4.54. The molecule has 1 aliphatic rings. The van der Waals surface area contributed by atoms with Gasteiger partial charge in [0.15, 0.2) is 0 Å². The number of fused-ring (bicyclic) bond motifs is 2. The number of carbonyl (C=O) groups excluding carboxylic acids is 2. The maximum Gasteiger partial charge on any atom is 0.338 e. The summed E-state index contributed by atoms with van der Waals surface area (Å²) in [4.78, 5) is 24.3. The van der Waals surface area contributed by atoms with E-state index in [0.29, 0.717) is 41.3 Å². The highest BCUT2D eigenvalue weighted by Gasteiger charge is 2.31. The number of benzene rings is 2. The molecular weight excluding hydrogens is 347 g/mol. The second kappa shape index (κ2) is 7.35. The van der Waals surface area contributed by atoms with Gasteiger partial charge in [0.1, 0.15) is 17.7 Å². The summed E-state index contributed by atoms with van der Waals surface area (Å²) in [6, 6.07) is 7.02. The molecule has 0 bridgehead atoms. The minimum absolute atomic E-state index is 0.177. The normalized spacial score (nSPS) is 15.7. The van der Waals surface area contributed by atoms with E-state index in [1.165, 1.54) is 6.92 Å². The van der Waals surface area contributed by atoms with Crippen molar-refractivity contribution in [3.8, 4) is 11.5 Å². The minimum atomic E-state index is -1.31. The van der Waals surface area contributed by atoms with Gasteiger partial charge in [0.2, 0.25) is 0 Å². The molecular formula is C22H21FO4. The zero-order chi connectivity index (χ0) is 19.7. The number of alkyl halides is 1. The van der Waals surface area contributed by atoms with Gasteiger partial charge < -0.3 is 9.47 Å². The molecule has 0 heterocycles. The second-order valence-corrected chi connectivity index (χ2v) is 6.80. The fourth-order valence-electron chi connectivity index (χ4n) is 3.21. The molecule has 5 heteroatoms. The van der Waals surface area contributed by atoms with Crippen molar-refractivity contribution in [2.75, 3.05) is 0 Å². The first-order chi connectivity index (χ1) is 12.8. The van der Waals surface area contributed by atoms with Crippen LogP contribution in [0.2, 0.25) is 0 Å². The fourth-order valence-corrected chi connectivity index (χ4v) is 3.21. The van der Waals surface area contributed by atoms with E-state index < -0.39 is 18.1 Å². The lowest BCUT2D eigenvalue weighted by atomic mass is 9.86. The van der Waals surface area contributed by atoms with Crippen LogP contribution in [0.15, 0.2) is 48.6 Å². The molecule has 140 valence electrons. The predicted octanol–water partition coefficient (Wildman–Crippen LogP) is 5.15. The largest absolute Gasteiger partial charge is 0.422 e. The molecule has 0 saturated carbocycles. The van der Waals surface area contributed by atoms with Crippen molar-refractivity contribution >= 4 is 22.7 Å². The van der Waals surface area contributed by atoms with E-state index >= 15 is 0 Å². The van der Waals surface area contributed by atoms with Crippen molar-refractivity contribution < 1.29 is 23.5 Å². The van der Waals surface area contributed by atoms with Gasteiger partial charge in [-0.1, -0.05) is 37.4 Å². The Bertz CT molecular complexity index is 974. The van der Waals surface area contributed by atoms with Crippen molar-refractivity contribution in [1.82, 2.24) is 0 Å². The van der Waals surface area contributed by atoms with E-state index in [-0.39, 0.29) is 22.5 Å². The molecule has 3 rings (SSSR count). The first kappa shape index (κ1) is 18.8. The summed E-state index contributed by atoms with van der Waals surface area (Å²) < 4.78 is 26.0. The van der Waals surface area contributed by atoms with Crippen LogP contribution in [0, 0.1) is 0 Å². The van der Waals surface area contributed by atoms with Crippen LogP contribution in [0.25, 0.3) is 10.8 Å². The Labute approximate surface area is 157 Å². The van der Waals surface area contributed by atoms with Crippen molar-refractivity contribution in [2.45, 2.75) is 39.3 Å². The fraction of sp³-hybridized carbons (Fsp3) is 0.273. The lowest BCUT2D eigenvalue weighted by Gasteiger charge is -2.26. The summed E-state index contributed by atoms with van der Waals surface area (Å²) in [7, 11) is 0. The lowest BCUT2D eigenvalue weighted by Crippen LogP contribution is -2.17. The molecule has 0 saturated heterocycles. The third kappa shape index (κ3) is 3.50. The molecule has 0 spiro atoms. The number of ether oxygens (including phenoxy) is 2. The standard InChI is InChI=1S/C22H21FO4/c1-12(2)21(24)26-19-14-8-5-6-9-15(14)20(27-22(25)13(3)4)18-16(19)10-7-11-17(18)23/h5-6,8-9,17H,1,3,7,10-11H2,2,4H3. The van der Waals surface area contributed by atoms with Crippen LogP contribution in [-0.4, -0.2) is 11.9 Å². The average molecular weight is 368 g/mol. The van der Waals surface area contributed by atoms with Crippen LogP contribution >= 0.6 is 0 Å². The summed E-state index contributed by atoms with van der Waals surface area (Å²) >= 11 is 0. The predicted molar refractivity (Wildman–Crippen MR) is 102 cm³/mol. The Hall–Kier alpha value is -2.95. The first-order valence-electron chi connectivity index (χ1n) is 8.78. The Balaban J connectivity index is 2.31. The van der Waals surface area contributed by atoms with Crippen molar-refractivity contribution in [1.29, 1.82) is 0 Å². The van der Waals surface area contributed by atoms with E-state index in [1.807, 2.05) is 0 Å². The number of rotatable bonds is 4. The van der Waals surface area contributed by atoms with Gasteiger partial charge in [0, 0.05) is 33.0 Å². The molecule has 1 aliphatic carbocycles. The van der Waals surface area contributed by atoms with E-state index in [4.69, 9.17) is 9.47 Å². The zero-order valence-corrected chi connectivity index (χ0v) is 15.4. The number of hydrogen-bond acceptors (Lipinski definition) is 4. The van der Waals surface area contributed by atoms with Gasteiger partial charge in [0.05, 0.1) is 0 Å². The summed E-state index contributed by atoms with van der Waals surface area (Å²) in [5, 5.41) is 1.10. The number of halogens is 1. The Morgan fingerprint density at radius 1 is 1.00 bits per heavy atom. The molecule has 0 fully saturated rings. The highest BCUT2D eigenvalue weighted by molar-refractivity contribution is 6.01. The number of carbonyl (C=O) groups is 2. The van der Waals surface area contributed by atoms with Crippen molar-refractivity contribution in [3.63, 3.8) is 0 Å². The summed E-state index contributed by atoms with van der Waals surface area (Å²) in [5.74, 6) is -0.705. The molecule has 27 heavy (non-hydrogen) atoms. The van der Waals surface area contributed by atoms with E-state index in [9.17, 15) is 14.0 Å². The quantitative estimate of drug-likeness (QED) is 0.425. The van der Waals surface area contributed by atoms with Crippen LogP contribution in [0.1, 0.15) is 44.0 Å². The third-order valence-electron chi connectivity index (χ3n) is 4.54. The molecule has 0 radical (unpaired) electrons. The van der Waals surface area contributed by atoms with Crippen LogP contribution in [0.3, 0.4) is 0 Å². The minimum Gasteiger partial charge on any atom is -0.422 e. The van der Waals surface area contributed by atoms with Gasteiger partial charge >= 0.3 is 11.9 Å². The average Bonchev–Trinajstić information content (AvgIpc) is 2.63. The molecule has 0 N–H and O–H groups in total. The van der Waals surface area contributed by atoms with Crippen LogP contribution in [0.4, 0.5) is 4.39 Å². The Kier molecular flexibility index (Phi) is 5.13. The van der Waals surface area contributed by atoms with Gasteiger partial charge in [-0.2, -0.15) is 0 Å². The molecule has 4 nitrogen and oxygen atoms in total. The number of hydrogen-bond donors (Lipinski definition) is 0. The Morgan fingerprint density at radius 2 is 1.52 bits per heavy atom. The van der Waals surface area contributed by atoms with Crippen LogP contribution in [-0.2, 0) is 16.0 Å². The van der Waals surface area contributed by atoms with Gasteiger partial charge in [-0.05, 0) is 33.1 Å². The molecule has 1 unspecified atom stereocenters. The van der Waals surface area contributed by atoms with Crippen molar-refractivity contribution in [3.05, 3.63) is 59.7 Å². The van der Waals surface area contributed by atoms with E-state index in [0.717, 1.165) is 0 Å². The second-order valence-electron chi connectivity index (χ2n) is 6.80. The molecule has 0 amide bonds. The summed E-state index contributed by atoms with van der Waals surface area (Å²) in [6.07, 6.45) is 0.139. The molecule has 1 atom stereocenters. The Morgan fingerprint density at radius 3 is 2.07 bits per heavy atom. The highest BCUT2D eigenvalue weighted by atomic mass is 19.1. The molecule has 0 aliphatic heterocycles. The summed E-state index contributed by atoms with van der Waals surface area (Å²) in [6.45, 7) is 10.3. The van der Waals surface area contributed by atoms with Crippen molar-refractivity contribution in [2.24, 2.45) is 0 Å². The zero-order valence-electron chi connectivity index (χ0n) is 15.4. The van der Waals surface area contributed by atoms with Crippen LogP contribution < -0.4 is 9.47 Å². The SMILES string of the molecule is C=C(C)C(=O)Oc1c2c(c(OC(=O)C(=C)C)c3ccccc13)C(F)CCC2. The molecule has 0 aromatic heterocycles. The van der Waals surface area contributed by atoms with Gasteiger partial charge in [-0.3, -0.25) is 0 Å². The van der Waals surface area contributed by atoms with Crippen LogP contribution in [0.5, 0.6) is 11.5 Å². The van der Waals surface area contributed by atoms with E-state index in [2.05, 4.69) is 13.2 Å². The van der Waals surface area contributed by atoms with Gasteiger partial charge in [-0.25, -0.2) is 14.0 Å². The number of esters is 2. The first-order valence-corrected chi connectivity index (χ1v) is 8.78. The topological polar surface area (TPSA) is 52.6 Å². The maximum atomic E-state index is 14.9. The van der Waals surface area contributed by atoms with E-state index in [1.54, 1.807) is 31.2 Å². The van der Waals surface area contributed by atoms with Gasteiger partial charge in [-0.15, -0.1) is 0 Å². The molecule has 2 aromatic carbocycles. The smallest absolute Gasteiger partial charge is 0.338 e. The maximum absolute atomic E-state index is 14.9. The lowest BCUT2D eigenvalue weighted by molar-refractivity contribution is -0.131. The summed E-state index contributed by atoms with van der Waals surface area (Å²) in [5.41, 5.74) is 1.31. The highest BCUT2D eigenvalue weighted by Crippen LogP contribution is 2.49. The van der Waals surface area contributed by atoms with Gasteiger partial charge in [0.25, 0.3) is 0 Å². The monoisotopic (exact) mass is 368 g/mol. The molecule has 2 aromatic rings.